The molecule has 27 heavy (non-hydrogen) atoms. The number of esters is 1. The van der Waals surface area contributed by atoms with E-state index in [9.17, 15) is 19.3 Å². The van der Waals surface area contributed by atoms with Crippen molar-refractivity contribution in [2.24, 2.45) is 0 Å². The van der Waals surface area contributed by atoms with Gasteiger partial charge in [-0.1, -0.05) is 0 Å². The van der Waals surface area contributed by atoms with Gasteiger partial charge in [0.15, 0.2) is 5.82 Å². The van der Waals surface area contributed by atoms with Crippen LogP contribution in [0.2, 0.25) is 0 Å². The summed E-state index contributed by atoms with van der Waals surface area (Å²) >= 11 is 0. The van der Waals surface area contributed by atoms with E-state index in [1.165, 1.54) is 27.6 Å². The molecule has 0 saturated heterocycles. The third-order valence-corrected chi connectivity index (χ3v) is 3.86. The Morgan fingerprint density at radius 1 is 1.30 bits per heavy atom. The first-order valence-electron chi connectivity index (χ1n) is 8.06. The molecule has 0 amide bonds. The van der Waals surface area contributed by atoms with E-state index in [1.807, 2.05) is 0 Å². The zero-order chi connectivity index (χ0) is 19.4. The van der Waals surface area contributed by atoms with E-state index in [4.69, 9.17) is 4.74 Å². The molecule has 0 aliphatic heterocycles. The van der Waals surface area contributed by atoms with Crippen LogP contribution in [0.5, 0.6) is 0 Å². The smallest absolute Gasteiger partial charge is 0.342 e. The van der Waals surface area contributed by atoms with Gasteiger partial charge in [-0.3, -0.25) is 4.79 Å². The van der Waals surface area contributed by atoms with Gasteiger partial charge >= 0.3 is 11.8 Å². The first-order valence-corrected chi connectivity index (χ1v) is 8.06. The highest BCUT2D eigenvalue weighted by atomic mass is 19.1. The molecule has 2 heterocycles. The topological polar surface area (TPSA) is 105 Å². The van der Waals surface area contributed by atoms with Crippen LogP contribution in [0.1, 0.15) is 11.5 Å². The summed E-state index contributed by atoms with van der Waals surface area (Å²) < 4.78 is 21.0. The van der Waals surface area contributed by atoms with Crippen LogP contribution in [0.25, 0.3) is 5.69 Å². The van der Waals surface area contributed by atoms with Gasteiger partial charge in [-0.15, -0.1) is 0 Å². The van der Waals surface area contributed by atoms with Gasteiger partial charge in [0.05, 0.1) is 17.8 Å². The maximum Gasteiger partial charge on any atom is 0.342 e. The van der Waals surface area contributed by atoms with E-state index in [2.05, 4.69) is 10.1 Å². The Bertz CT molecular complexity index is 964. The molecule has 0 aliphatic rings. The van der Waals surface area contributed by atoms with Crippen molar-refractivity contribution >= 4 is 11.8 Å². The third kappa shape index (κ3) is 4.35. The van der Waals surface area contributed by atoms with Crippen LogP contribution in [-0.2, 0) is 22.5 Å². The zero-order valence-electron chi connectivity index (χ0n) is 14.4. The van der Waals surface area contributed by atoms with Crippen molar-refractivity contribution in [2.45, 2.75) is 19.9 Å². The molecule has 0 atom stereocenters. The Balaban J connectivity index is 1.54. The largest absolute Gasteiger partial charge is 0.461 e. The minimum Gasteiger partial charge on any atom is -0.461 e. The molecular formula is C17H16FN5O4. The van der Waals surface area contributed by atoms with Crippen molar-refractivity contribution in [3.05, 3.63) is 70.2 Å². The number of benzene rings is 1. The molecule has 3 rings (SSSR count). The van der Waals surface area contributed by atoms with Gasteiger partial charge in [0, 0.05) is 13.1 Å². The second-order valence-corrected chi connectivity index (χ2v) is 5.70. The molecule has 0 saturated carbocycles. The molecule has 0 bridgehead atoms. The lowest BCUT2D eigenvalue weighted by molar-refractivity contribution is -0.392. The summed E-state index contributed by atoms with van der Waals surface area (Å²) in [6.45, 7) is 1.75. The number of hydrogen-bond acceptors (Lipinski definition) is 6. The maximum atomic E-state index is 13.0. The summed E-state index contributed by atoms with van der Waals surface area (Å²) in [6, 6.07) is 7.45. The maximum absolute atomic E-state index is 13.0. The van der Waals surface area contributed by atoms with Gasteiger partial charge in [0.1, 0.15) is 25.2 Å². The monoisotopic (exact) mass is 373 g/mol. The summed E-state index contributed by atoms with van der Waals surface area (Å²) in [5.41, 5.74) is 1.16. The number of aromatic nitrogens is 4. The first kappa shape index (κ1) is 18.2. The number of carbonyl (C=O) groups excluding carboxylic acids is 1. The Morgan fingerprint density at radius 2 is 2.04 bits per heavy atom. The van der Waals surface area contributed by atoms with Gasteiger partial charge < -0.3 is 14.9 Å². The summed E-state index contributed by atoms with van der Waals surface area (Å²) in [7, 11) is 0. The normalized spacial score (nSPS) is 10.7. The predicted molar refractivity (Wildman–Crippen MR) is 91.8 cm³/mol. The highest BCUT2D eigenvalue weighted by Gasteiger charge is 2.17. The van der Waals surface area contributed by atoms with Gasteiger partial charge in [0.25, 0.3) is 0 Å². The van der Waals surface area contributed by atoms with Crippen molar-refractivity contribution in [1.82, 2.24) is 19.3 Å². The fourth-order valence-corrected chi connectivity index (χ4v) is 2.52. The Hall–Kier alpha value is -3.56. The van der Waals surface area contributed by atoms with Gasteiger partial charge in [-0.25, -0.2) is 18.6 Å². The van der Waals surface area contributed by atoms with Gasteiger partial charge in [-0.05, 0) is 35.3 Å². The first-order chi connectivity index (χ1) is 12.9. The molecule has 0 N–H and O–H groups in total. The van der Waals surface area contributed by atoms with Gasteiger partial charge in [-0.2, -0.15) is 5.10 Å². The Morgan fingerprint density at radius 3 is 2.74 bits per heavy atom. The standard InChI is InChI=1S/C17H16FN5O4/c1-12-19-11-16(23(25)26)21(12)8-9-27-17(24)10-14-6-7-22(20-14)15-4-2-13(18)3-5-15/h2-7,11H,8-10H2,1H3. The van der Waals surface area contributed by atoms with E-state index < -0.39 is 10.9 Å². The lowest BCUT2D eigenvalue weighted by Crippen LogP contribution is -2.15. The third-order valence-electron chi connectivity index (χ3n) is 3.86. The van der Waals surface area contributed by atoms with Crippen molar-refractivity contribution in [2.75, 3.05) is 6.61 Å². The quantitative estimate of drug-likeness (QED) is 0.357. The van der Waals surface area contributed by atoms with E-state index in [1.54, 1.807) is 31.3 Å². The lowest BCUT2D eigenvalue weighted by Gasteiger charge is -2.05. The van der Waals surface area contributed by atoms with E-state index >= 15 is 0 Å². The minimum absolute atomic E-state index is 0.0183. The number of halogens is 1. The van der Waals surface area contributed by atoms with Crippen LogP contribution in [0.4, 0.5) is 10.2 Å². The fraction of sp³-hybridized carbons (Fsp3) is 0.235. The molecular weight excluding hydrogens is 357 g/mol. The summed E-state index contributed by atoms with van der Waals surface area (Å²) in [6.07, 6.45) is 2.78. The predicted octanol–water partition coefficient (Wildman–Crippen LogP) is 2.21. The SMILES string of the molecule is Cc1ncc([N+](=O)[O-])n1CCOC(=O)Cc1ccn(-c2ccc(F)cc2)n1. The average molecular weight is 373 g/mol. The van der Waals surface area contributed by atoms with Crippen LogP contribution in [0.15, 0.2) is 42.7 Å². The molecule has 0 aliphatic carbocycles. The number of hydrogen-bond donors (Lipinski definition) is 0. The van der Waals surface area contributed by atoms with Crippen molar-refractivity contribution in [1.29, 1.82) is 0 Å². The average Bonchev–Trinajstić information content (AvgIpc) is 3.23. The van der Waals surface area contributed by atoms with Crippen LogP contribution < -0.4 is 0 Å². The number of carbonyl (C=O) groups is 1. The molecule has 9 nitrogen and oxygen atoms in total. The number of ether oxygens (including phenoxy) is 1. The Kier molecular flexibility index (Phi) is 5.25. The van der Waals surface area contributed by atoms with Crippen LogP contribution in [0, 0.1) is 22.9 Å². The van der Waals surface area contributed by atoms with Crippen molar-refractivity contribution in [3.8, 4) is 5.69 Å². The zero-order valence-corrected chi connectivity index (χ0v) is 14.4. The summed E-state index contributed by atoms with van der Waals surface area (Å²) in [5, 5.41) is 15.2. The number of imidazole rings is 1. The van der Waals surface area contributed by atoms with Crippen molar-refractivity contribution < 1.29 is 18.8 Å². The van der Waals surface area contributed by atoms with Gasteiger partial charge in [0.2, 0.25) is 0 Å². The van der Waals surface area contributed by atoms with Crippen LogP contribution in [-0.4, -0.2) is 36.8 Å². The highest BCUT2D eigenvalue weighted by molar-refractivity contribution is 5.71. The number of nitrogens with zero attached hydrogens (tertiary/aromatic N) is 5. The Labute approximate surface area is 153 Å². The molecule has 0 fully saturated rings. The minimum atomic E-state index is -0.538. The molecule has 0 radical (unpaired) electrons. The molecule has 2 aromatic heterocycles. The summed E-state index contributed by atoms with van der Waals surface area (Å²) in [4.78, 5) is 26.2. The molecule has 3 aromatic rings. The molecule has 1 aromatic carbocycles. The molecule has 0 spiro atoms. The van der Waals surface area contributed by atoms with Crippen LogP contribution in [0.3, 0.4) is 0 Å². The van der Waals surface area contributed by atoms with E-state index in [-0.39, 0.29) is 31.2 Å². The van der Waals surface area contributed by atoms with Crippen molar-refractivity contribution in [3.63, 3.8) is 0 Å². The van der Waals surface area contributed by atoms with E-state index in [0.29, 0.717) is 17.2 Å². The second kappa shape index (κ2) is 7.77. The molecule has 0 unspecified atom stereocenters. The second-order valence-electron chi connectivity index (χ2n) is 5.70. The molecule has 140 valence electrons. The fourth-order valence-electron chi connectivity index (χ4n) is 2.52. The lowest BCUT2D eigenvalue weighted by atomic mass is 10.3. The van der Waals surface area contributed by atoms with E-state index in [0.717, 1.165) is 0 Å². The van der Waals surface area contributed by atoms with Crippen LogP contribution >= 0.6 is 0 Å². The number of aryl methyl sites for hydroxylation is 1. The molecule has 10 heteroatoms. The highest BCUT2D eigenvalue weighted by Crippen LogP contribution is 2.13. The number of rotatable bonds is 7. The number of nitro groups is 1. The summed E-state index contributed by atoms with van der Waals surface area (Å²) in [5.74, 6) is -0.528.